The highest BCUT2D eigenvalue weighted by Crippen LogP contribution is 2.25. The van der Waals surface area contributed by atoms with E-state index in [0.717, 1.165) is 12.8 Å². The molecule has 7 nitrogen and oxygen atoms in total. The Hall–Kier alpha value is -1.51. The molecule has 0 aromatic heterocycles. The third-order valence-electron chi connectivity index (χ3n) is 3.06. The van der Waals surface area contributed by atoms with Crippen molar-refractivity contribution in [1.82, 2.24) is 0 Å². The number of nitrogens with one attached hydrogen (secondary N) is 1. The van der Waals surface area contributed by atoms with Crippen molar-refractivity contribution in [2.75, 3.05) is 17.1 Å². The van der Waals surface area contributed by atoms with Gasteiger partial charge >= 0.3 is 0 Å². The molecule has 0 bridgehead atoms. The Bertz CT molecular complexity index is 642. The van der Waals surface area contributed by atoms with Gasteiger partial charge in [-0.25, -0.2) is 8.42 Å². The first kappa shape index (κ1) is 15.9. The Labute approximate surface area is 127 Å². The molecule has 1 heterocycles. The number of halogens is 1. The summed E-state index contributed by atoms with van der Waals surface area (Å²) in [6, 6.07) is 4.40. The lowest BCUT2D eigenvalue weighted by atomic mass is 10.2. The van der Waals surface area contributed by atoms with E-state index in [9.17, 15) is 8.42 Å². The van der Waals surface area contributed by atoms with E-state index in [0.29, 0.717) is 12.2 Å². The van der Waals surface area contributed by atoms with Crippen LogP contribution in [0.2, 0.25) is 5.02 Å². The van der Waals surface area contributed by atoms with Crippen molar-refractivity contribution in [3.8, 4) is 0 Å². The van der Waals surface area contributed by atoms with Crippen LogP contribution in [0.5, 0.6) is 0 Å². The van der Waals surface area contributed by atoms with E-state index < -0.39 is 10.0 Å². The molecule has 0 saturated carbocycles. The number of rotatable bonds is 5. The Morgan fingerprint density at radius 2 is 2.33 bits per heavy atom. The van der Waals surface area contributed by atoms with Gasteiger partial charge in [0.15, 0.2) is 5.84 Å². The molecule has 1 aromatic carbocycles. The molecular weight excluding hydrogens is 318 g/mol. The van der Waals surface area contributed by atoms with Gasteiger partial charge in [-0.15, -0.1) is 0 Å². The monoisotopic (exact) mass is 333 g/mol. The second kappa shape index (κ2) is 6.50. The van der Waals surface area contributed by atoms with Crippen LogP contribution in [-0.2, 0) is 14.8 Å². The number of hydrogen-bond donors (Lipinski definition) is 3. The number of sulfonamides is 1. The lowest BCUT2D eigenvalue weighted by Gasteiger charge is -2.13. The van der Waals surface area contributed by atoms with Crippen LogP contribution >= 0.6 is 11.6 Å². The lowest BCUT2D eigenvalue weighted by molar-refractivity contribution is 0.127. The number of ether oxygens (including phenoxy) is 1. The SMILES string of the molecule is N/C(=N/O)c1ccc(Cl)c(NS(=O)(=O)CC2CCCO2)c1. The summed E-state index contributed by atoms with van der Waals surface area (Å²) in [5.41, 5.74) is 6.01. The van der Waals surface area contributed by atoms with Crippen molar-refractivity contribution in [3.63, 3.8) is 0 Å². The zero-order chi connectivity index (χ0) is 15.5. The molecule has 116 valence electrons. The third kappa shape index (κ3) is 4.23. The van der Waals surface area contributed by atoms with E-state index in [4.69, 9.17) is 27.3 Å². The normalized spacial score (nSPS) is 19.7. The molecule has 1 saturated heterocycles. The van der Waals surface area contributed by atoms with Crippen molar-refractivity contribution in [3.05, 3.63) is 28.8 Å². The maximum absolute atomic E-state index is 12.1. The van der Waals surface area contributed by atoms with E-state index in [1.807, 2.05) is 0 Å². The zero-order valence-corrected chi connectivity index (χ0v) is 12.7. The third-order valence-corrected chi connectivity index (χ3v) is 4.74. The van der Waals surface area contributed by atoms with Gasteiger partial charge in [0, 0.05) is 12.2 Å². The van der Waals surface area contributed by atoms with Gasteiger partial charge in [0.2, 0.25) is 10.0 Å². The first-order valence-corrected chi connectivity index (χ1v) is 8.34. The number of oxime groups is 1. The molecule has 4 N–H and O–H groups in total. The highest BCUT2D eigenvalue weighted by molar-refractivity contribution is 7.92. The summed E-state index contributed by atoms with van der Waals surface area (Å²) in [5.74, 6) is -0.261. The number of amidine groups is 1. The largest absolute Gasteiger partial charge is 0.409 e. The summed E-state index contributed by atoms with van der Waals surface area (Å²) in [5, 5.41) is 11.7. The maximum atomic E-state index is 12.1. The van der Waals surface area contributed by atoms with E-state index in [2.05, 4.69) is 9.88 Å². The summed E-state index contributed by atoms with van der Waals surface area (Å²) in [4.78, 5) is 0. The van der Waals surface area contributed by atoms with Crippen LogP contribution in [-0.4, -0.2) is 37.9 Å². The summed E-state index contributed by atoms with van der Waals surface area (Å²) in [6.45, 7) is 0.583. The standard InChI is InChI=1S/C12H16ClN3O4S/c13-10-4-3-8(12(14)15-17)6-11(10)16-21(18,19)7-9-2-1-5-20-9/h3-4,6,9,16-17H,1-2,5,7H2,(H2,14,15). The van der Waals surface area contributed by atoms with Crippen LogP contribution in [0.15, 0.2) is 23.4 Å². The van der Waals surface area contributed by atoms with Crippen molar-refractivity contribution >= 4 is 33.1 Å². The quantitative estimate of drug-likeness (QED) is 0.326. The highest BCUT2D eigenvalue weighted by Gasteiger charge is 2.24. The van der Waals surface area contributed by atoms with Crippen molar-refractivity contribution in [2.24, 2.45) is 10.9 Å². The Kier molecular flexibility index (Phi) is 4.92. The number of anilines is 1. The minimum absolute atomic E-state index is 0.128. The zero-order valence-electron chi connectivity index (χ0n) is 11.1. The van der Waals surface area contributed by atoms with Crippen molar-refractivity contribution in [1.29, 1.82) is 0 Å². The minimum atomic E-state index is -3.59. The van der Waals surface area contributed by atoms with Gasteiger partial charge in [0.05, 0.1) is 22.6 Å². The van der Waals surface area contributed by atoms with Gasteiger partial charge in [-0.1, -0.05) is 16.8 Å². The van der Waals surface area contributed by atoms with Gasteiger partial charge in [0.25, 0.3) is 0 Å². The van der Waals surface area contributed by atoms with Crippen LogP contribution in [0.25, 0.3) is 0 Å². The van der Waals surface area contributed by atoms with Crippen LogP contribution in [0.1, 0.15) is 18.4 Å². The second-order valence-corrected chi connectivity index (χ2v) is 6.87. The van der Waals surface area contributed by atoms with Crippen LogP contribution < -0.4 is 10.5 Å². The number of nitrogens with zero attached hydrogens (tertiary/aromatic N) is 1. The van der Waals surface area contributed by atoms with E-state index in [1.165, 1.54) is 18.2 Å². The number of benzene rings is 1. The molecule has 0 aliphatic carbocycles. The van der Waals surface area contributed by atoms with Crippen molar-refractivity contribution < 1.29 is 18.4 Å². The van der Waals surface area contributed by atoms with Gasteiger partial charge in [0.1, 0.15) is 0 Å². The Morgan fingerprint density at radius 3 is 2.95 bits per heavy atom. The molecule has 0 spiro atoms. The topological polar surface area (TPSA) is 114 Å². The minimum Gasteiger partial charge on any atom is -0.409 e. The average molecular weight is 334 g/mol. The molecule has 1 aromatic rings. The van der Waals surface area contributed by atoms with Crippen LogP contribution in [0.3, 0.4) is 0 Å². The highest BCUT2D eigenvalue weighted by atomic mass is 35.5. The first-order valence-electron chi connectivity index (χ1n) is 6.31. The fourth-order valence-electron chi connectivity index (χ4n) is 2.05. The molecule has 1 unspecified atom stereocenters. The molecule has 1 aliphatic rings. The summed E-state index contributed by atoms with van der Waals surface area (Å²) in [6.07, 6.45) is 1.28. The predicted molar refractivity (Wildman–Crippen MR) is 80.3 cm³/mol. The Morgan fingerprint density at radius 1 is 1.57 bits per heavy atom. The molecule has 0 radical (unpaired) electrons. The smallest absolute Gasteiger partial charge is 0.235 e. The summed E-state index contributed by atoms with van der Waals surface area (Å²) < 4.78 is 31.9. The van der Waals surface area contributed by atoms with Gasteiger partial charge < -0.3 is 15.7 Å². The fraction of sp³-hybridized carbons (Fsp3) is 0.417. The summed E-state index contributed by atoms with van der Waals surface area (Å²) in [7, 11) is -3.59. The molecule has 1 aliphatic heterocycles. The average Bonchev–Trinajstić information content (AvgIpc) is 2.92. The van der Waals surface area contributed by atoms with Gasteiger partial charge in [-0.2, -0.15) is 0 Å². The van der Waals surface area contributed by atoms with E-state index in [-0.39, 0.29) is 28.4 Å². The van der Waals surface area contributed by atoms with Crippen molar-refractivity contribution in [2.45, 2.75) is 18.9 Å². The maximum Gasteiger partial charge on any atom is 0.235 e. The van der Waals surface area contributed by atoms with Crippen LogP contribution in [0.4, 0.5) is 5.69 Å². The van der Waals surface area contributed by atoms with Crippen LogP contribution in [0, 0.1) is 0 Å². The fourth-order valence-corrected chi connectivity index (χ4v) is 3.61. The predicted octanol–water partition coefficient (Wildman–Crippen LogP) is 1.36. The number of nitrogens with two attached hydrogens (primary N) is 1. The molecule has 1 atom stereocenters. The molecule has 21 heavy (non-hydrogen) atoms. The van der Waals surface area contributed by atoms with E-state index >= 15 is 0 Å². The number of hydrogen-bond acceptors (Lipinski definition) is 5. The molecular formula is C12H16ClN3O4S. The molecule has 0 amide bonds. The van der Waals surface area contributed by atoms with E-state index in [1.54, 1.807) is 0 Å². The first-order chi connectivity index (χ1) is 9.91. The summed E-state index contributed by atoms with van der Waals surface area (Å²) >= 11 is 5.97. The second-order valence-electron chi connectivity index (χ2n) is 4.70. The molecule has 9 heteroatoms. The Balaban J connectivity index is 2.17. The molecule has 2 rings (SSSR count). The van der Waals surface area contributed by atoms with Gasteiger partial charge in [-0.3, -0.25) is 4.72 Å². The lowest BCUT2D eigenvalue weighted by Crippen LogP contribution is -2.26. The van der Waals surface area contributed by atoms with Gasteiger partial charge in [-0.05, 0) is 31.0 Å². The molecule has 1 fully saturated rings.